The van der Waals surface area contributed by atoms with E-state index < -0.39 is 12.0 Å². The molecule has 1 aliphatic rings. The highest BCUT2D eigenvalue weighted by Gasteiger charge is 2.42. The number of carboxylic acids is 1. The smallest absolute Gasteiger partial charge is 0.335 e. The first kappa shape index (κ1) is 26.6. The van der Waals surface area contributed by atoms with Gasteiger partial charge >= 0.3 is 5.97 Å². The van der Waals surface area contributed by atoms with Crippen molar-refractivity contribution in [3.63, 3.8) is 0 Å². The number of aromatic nitrogens is 1. The molecule has 0 unspecified atom stereocenters. The molecule has 7 nitrogen and oxygen atoms in total. The number of hydrogen-bond acceptors (Lipinski definition) is 5. The van der Waals surface area contributed by atoms with Crippen LogP contribution in [0.3, 0.4) is 0 Å². The molecule has 0 bridgehead atoms. The number of anilines is 1. The van der Waals surface area contributed by atoms with Crippen LogP contribution in [0.1, 0.15) is 39.5 Å². The second kappa shape index (κ2) is 11.1. The van der Waals surface area contributed by atoms with Gasteiger partial charge in [-0.3, -0.25) is 4.98 Å². The summed E-state index contributed by atoms with van der Waals surface area (Å²) in [7, 11) is 0. The van der Waals surface area contributed by atoms with E-state index in [9.17, 15) is 9.90 Å². The van der Waals surface area contributed by atoms with Crippen LogP contribution < -0.4 is 15.0 Å². The Balaban J connectivity index is 1.36. The molecule has 1 saturated heterocycles. The van der Waals surface area contributed by atoms with Crippen LogP contribution in [0.2, 0.25) is 5.02 Å². The number of aromatic carboxylic acids is 1. The Morgan fingerprint density at radius 3 is 2.41 bits per heavy atom. The Morgan fingerprint density at radius 2 is 1.73 bits per heavy atom. The predicted molar refractivity (Wildman–Crippen MR) is 162 cm³/mol. The largest absolute Gasteiger partial charge is 0.478 e. The van der Waals surface area contributed by atoms with E-state index >= 15 is 0 Å². The average molecular weight is 582 g/mol. The summed E-state index contributed by atoms with van der Waals surface area (Å²) in [4.78, 5) is 18.1. The zero-order valence-corrected chi connectivity index (χ0v) is 23.4. The van der Waals surface area contributed by atoms with Gasteiger partial charge in [0.05, 0.1) is 22.3 Å². The van der Waals surface area contributed by atoms with Crippen molar-refractivity contribution in [2.24, 2.45) is 0 Å². The zero-order valence-electron chi connectivity index (χ0n) is 21.8. The van der Waals surface area contributed by atoms with Crippen molar-refractivity contribution in [1.82, 2.24) is 10.3 Å². The van der Waals surface area contributed by atoms with Gasteiger partial charge in [-0.05, 0) is 98.0 Å². The van der Waals surface area contributed by atoms with E-state index in [1.807, 2.05) is 84.6 Å². The van der Waals surface area contributed by atoms with Gasteiger partial charge in [0.15, 0.2) is 5.11 Å². The number of carbonyl (C=O) groups is 1. The summed E-state index contributed by atoms with van der Waals surface area (Å²) in [5.74, 6) is 1.47. The minimum atomic E-state index is -1.05. The molecule has 1 fully saturated rings. The van der Waals surface area contributed by atoms with Crippen molar-refractivity contribution in [2.45, 2.75) is 19.0 Å². The highest BCUT2D eigenvalue weighted by atomic mass is 35.5. The fourth-order valence-electron chi connectivity index (χ4n) is 4.84. The second-order valence-electron chi connectivity index (χ2n) is 9.61. The van der Waals surface area contributed by atoms with Crippen molar-refractivity contribution in [2.75, 3.05) is 4.90 Å². The predicted octanol–water partition coefficient (Wildman–Crippen LogP) is 7.97. The fourth-order valence-corrected chi connectivity index (χ4v) is 5.40. The summed E-state index contributed by atoms with van der Waals surface area (Å²) in [5.41, 5.74) is 3.41. The van der Waals surface area contributed by atoms with Crippen LogP contribution in [-0.2, 0) is 0 Å². The molecule has 0 saturated carbocycles. The molecule has 9 heteroatoms. The monoisotopic (exact) mass is 581 g/mol. The number of pyridine rings is 1. The van der Waals surface area contributed by atoms with Crippen molar-refractivity contribution in [1.29, 1.82) is 0 Å². The van der Waals surface area contributed by atoms with Crippen molar-refractivity contribution in [3.05, 3.63) is 131 Å². The standard InChI is InChI=1S/C32H24ClN3O4S/c1-19-5-10-22(11-6-19)39-23-12-8-21(9-13-23)36-30(29(35-32(36)41)26-4-2-3-17-34-26)28-16-15-27(40-28)24-18-20(31(37)38)7-14-25(24)33/h2-18,29-30H,1H3,(H,35,41)(H,37,38)/t29-,30-/m0/s1. The molecule has 2 atom stereocenters. The SMILES string of the molecule is Cc1ccc(Oc2ccc(N3C(=S)N[C@@H](c4ccccn4)[C@@H]3c3ccc(-c4cc(C(=O)O)ccc4Cl)o3)cc2)cc1. The summed E-state index contributed by atoms with van der Waals surface area (Å²) in [6, 6.07) is 28.7. The number of halogens is 1. The maximum Gasteiger partial charge on any atom is 0.335 e. The number of carboxylic acid groups (broad SMARTS) is 1. The number of hydrogen-bond donors (Lipinski definition) is 2. The lowest BCUT2D eigenvalue weighted by atomic mass is 10.0. The Hall–Kier alpha value is -4.66. The second-order valence-corrected chi connectivity index (χ2v) is 10.4. The molecule has 0 aliphatic carbocycles. The van der Waals surface area contributed by atoms with Gasteiger partial charge in [0, 0.05) is 17.4 Å². The summed E-state index contributed by atoms with van der Waals surface area (Å²) < 4.78 is 12.4. The molecule has 0 amide bonds. The summed E-state index contributed by atoms with van der Waals surface area (Å²) in [6.07, 6.45) is 1.74. The molecule has 2 aromatic heterocycles. The van der Waals surface area contributed by atoms with E-state index in [1.165, 1.54) is 12.1 Å². The van der Waals surface area contributed by atoms with Crippen LogP contribution in [-0.4, -0.2) is 21.2 Å². The highest BCUT2D eigenvalue weighted by molar-refractivity contribution is 7.80. The molecular formula is C32H24ClN3O4S. The number of nitrogens with one attached hydrogen (secondary N) is 1. The number of rotatable bonds is 7. The topological polar surface area (TPSA) is 87.8 Å². The number of thiocarbonyl (C=S) groups is 1. The van der Waals surface area contributed by atoms with E-state index in [4.69, 9.17) is 33.0 Å². The van der Waals surface area contributed by atoms with Crippen molar-refractivity contribution < 1.29 is 19.1 Å². The lowest BCUT2D eigenvalue weighted by Gasteiger charge is -2.26. The van der Waals surface area contributed by atoms with E-state index in [1.54, 1.807) is 18.3 Å². The lowest BCUT2D eigenvalue weighted by Crippen LogP contribution is -2.29. The van der Waals surface area contributed by atoms with Gasteiger partial charge in [-0.15, -0.1) is 0 Å². The number of benzene rings is 3. The third-order valence-corrected chi connectivity index (χ3v) is 7.51. The van der Waals surface area contributed by atoms with Gasteiger partial charge in [0.25, 0.3) is 0 Å². The maximum absolute atomic E-state index is 11.6. The molecule has 5 aromatic rings. The van der Waals surface area contributed by atoms with Gasteiger partial charge in [-0.1, -0.05) is 35.4 Å². The fraction of sp³-hybridized carbons (Fsp3) is 0.0938. The van der Waals surface area contributed by atoms with E-state index in [2.05, 4.69) is 10.3 Å². The Morgan fingerprint density at radius 1 is 1.00 bits per heavy atom. The first-order valence-corrected chi connectivity index (χ1v) is 13.6. The minimum absolute atomic E-state index is 0.118. The highest BCUT2D eigenvalue weighted by Crippen LogP contribution is 2.44. The molecule has 0 radical (unpaired) electrons. The number of furan rings is 1. The molecule has 3 aromatic carbocycles. The number of nitrogens with zero attached hydrogens (tertiary/aromatic N) is 2. The van der Waals surface area contributed by atoms with E-state index in [0.717, 1.165) is 22.7 Å². The van der Waals surface area contributed by atoms with Crippen LogP contribution in [0, 0.1) is 6.92 Å². The molecule has 204 valence electrons. The van der Waals surface area contributed by atoms with Crippen LogP contribution in [0.4, 0.5) is 5.69 Å². The Labute approximate surface area is 247 Å². The van der Waals surface area contributed by atoms with Crippen LogP contribution in [0.15, 0.2) is 108 Å². The van der Waals surface area contributed by atoms with Gasteiger partial charge in [-0.25, -0.2) is 4.79 Å². The van der Waals surface area contributed by atoms with E-state index in [-0.39, 0.29) is 11.6 Å². The molecule has 6 rings (SSSR count). The zero-order chi connectivity index (χ0) is 28.5. The minimum Gasteiger partial charge on any atom is -0.478 e. The molecule has 1 aliphatic heterocycles. The van der Waals surface area contributed by atoms with Crippen LogP contribution in [0.5, 0.6) is 11.5 Å². The molecule has 41 heavy (non-hydrogen) atoms. The maximum atomic E-state index is 11.6. The Bertz CT molecular complexity index is 1720. The Kier molecular flexibility index (Phi) is 7.17. The average Bonchev–Trinajstić information content (AvgIpc) is 3.60. The third kappa shape index (κ3) is 5.39. The normalized spacial score (nSPS) is 16.4. The summed E-state index contributed by atoms with van der Waals surface area (Å²) >= 11 is 12.3. The first-order chi connectivity index (χ1) is 19.9. The first-order valence-electron chi connectivity index (χ1n) is 12.9. The number of ether oxygens (including phenoxy) is 1. The van der Waals surface area contributed by atoms with Crippen molar-refractivity contribution >= 4 is 40.6 Å². The van der Waals surface area contributed by atoms with Gasteiger partial charge in [0.2, 0.25) is 0 Å². The van der Waals surface area contributed by atoms with E-state index in [0.29, 0.717) is 33.0 Å². The van der Waals surface area contributed by atoms with Crippen LogP contribution >= 0.6 is 23.8 Å². The van der Waals surface area contributed by atoms with Crippen molar-refractivity contribution in [3.8, 4) is 22.8 Å². The van der Waals surface area contributed by atoms with Crippen LogP contribution in [0.25, 0.3) is 11.3 Å². The molecule has 0 spiro atoms. The quantitative estimate of drug-likeness (QED) is 0.187. The molecular weight excluding hydrogens is 558 g/mol. The number of aryl methyl sites for hydroxylation is 1. The van der Waals surface area contributed by atoms with Gasteiger partial charge in [0.1, 0.15) is 29.1 Å². The third-order valence-electron chi connectivity index (χ3n) is 6.87. The summed E-state index contributed by atoms with van der Waals surface area (Å²) in [5, 5.41) is 13.8. The molecule has 2 N–H and O–H groups in total. The lowest BCUT2D eigenvalue weighted by molar-refractivity contribution is 0.0697. The van der Waals surface area contributed by atoms with Gasteiger partial charge in [-0.2, -0.15) is 0 Å². The van der Waals surface area contributed by atoms with Gasteiger partial charge < -0.3 is 24.5 Å². The molecule has 3 heterocycles. The summed E-state index contributed by atoms with van der Waals surface area (Å²) in [6.45, 7) is 2.03.